The first-order valence-electron chi connectivity index (χ1n) is 5.18. The largest absolute Gasteiger partial charge is 0.289 e. The average Bonchev–Trinajstić information content (AvgIpc) is 2.59. The fraction of sp³-hybridized carbons (Fsp3) is 0.333. The maximum absolute atomic E-state index is 8.89. The van der Waals surface area contributed by atoms with Gasteiger partial charge in [-0.2, -0.15) is 5.26 Å². The molecule has 0 saturated heterocycles. The molecule has 2 aromatic rings. The molecule has 3 nitrogen and oxygen atoms in total. The zero-order valence-corrected chi connectivity index (χ0v) is 10.8. The molecule has 2 heterocycles. The van der Waals surface area contributed by atoms with E-state index < -0.39 is 0 Å². The van der Waals surface area contributed by atoms with Gasteiger partial charge < -0.3 is 0 Å². The van der Waals surface area contributed by atoms with E-state index in [2.05, 4.69) is 40.8 Å². The SMILES string of the molecule is CC(C)c1nc2cccc(Br)n2c1CC#N. The fourth-order valence-electron chi connectivity index (χ4n) is 1.84. The van der Waals surface area contributed by atoms with Crippen LogP contribution in [0.15, 0.2) is 22.8 Å². The lowest BCUT2D eigenvalue weighted by molar-refractivity contribution is 0.813. The molecule has 0 atom stereocenters. The van der Waals surface area contributed by atoms with Crippen molar-refractivity contribution in [3.8, 4) is 6.07 Å². The van der Waals surface area contributed by atoms with Crippen LogP contribution < -0.4 is 0 Å². The van der Waals surface area contributed by atoms with Crippen molar-refractivity contribution in [2.45, 2.75) is 26.2 Å². The Bertz CT molecular complexity index is 563. The molecular weight excluding hydrogens is 266 g/mol. The highest BCUT2D eigenvalue weighted by Gasteiger charge is 2.15. The summed E-state index contributed by atoms with van der Waals surface area (Å²) >= 11 is 3.49. The third-order valence-corrected chi connectivity index (χ3v) is 3.13. The molecule has 0 aromatic carbocycles. The van der Waals surface area contributed by atoms with E-state index in [0.29, 0.717) is 12.3 Å². The summed E-state index contributed by atoms with van der Waals surface area (Å²) in [6, 6.07) is 8.07. The van der Waals surface area contributed by atoms with Gasteiger partial charge in [0.25, 0.3) is 0 Å². The van der Waals surface area contributed by atoms with Crippen LogP contribution in [0, 0.1) is 11.3 Å². The second kappa shape index (κ2) is 4.26. The molecule has 4 heteroatoms. The maximum atomic E-state index is 8.89. The third-order valence-electron chi connectivity index (χ3n) is 2.52. The molecule has 0 bridgehead atoms. The molecule has 2 rings (SSSR count). The van der Waals surface area contributed by atoms with Gasteiger partial charge in [0, 0.05) is 0 Å². The van der Waals surface area contributed by atoms with Crippen LogP contribution in [0.25, 0.3) is 5.65 Å². The molecule has 0 fully saturated rings. The summed E-state index contributed by atoms with van der Waals surface area (Å²) in [7, 11) is 0. The maximum Gasteiger partial charge on any atom is 0.138 e. The standard InChI is InChI=1S/C12H12BrN3/c1-8(2)12-9(6-7-14)16-10(13)4-3-5-11(16)15-12/h3-5,8H,6H2,1-2H3. The van der Waals surface area contributed by atoms with Crippen LogP contribution in [0.3, 0.4) is 0 Å². The monoisotopic (exact) mass is 277 g/mol. The number of hydrogen-bond donors (Lipinski definition) is 0. The topological polar surface area (TPSA) is 41.1 Å². The van der Waals surface area contributed by atoms with Crippen LogP contribution in [0.1, 0.15) is 31.2 Å². The van der Waals surface area contributed by atoms with Crippen molar-refractivity contribution < 1.29 is 0 Å². The Labute approximate surface area is 103 Å². The van der Waals surface area contributed by atoms with Gasteiger partial charge in [-0.25, -0.2) is 4.98 Å². The lowest BCUT2D eigenvalue weighted by Crippen LogP contribution is -1.98. The molecule has 0 aliphatic heterocycles. The summed E-state index contributed by atoms with van der Waals surface area (Å²) in [5.74, 6) is 0.329. The number of pyridine rings is 1. The van der Waals surface area contributed by atoms with Crippen molar-refractivity contribution in [3.63, 3.8) is 0 Å². The van der Waals surface area contributed by atoms with E-state index in [1.54, 1.807) is 0 Å². The Balaban J connectivity index is 2.78. The minimum atomic E-state index is 0.329. The van der Waals surface area contributed by atoms with Crippen molar-refractivity contribution >= 4 is 21.6 Å². The molecule has 0 unspecified atom stereocenters. The Morgan fingerprint density at radius 1 is 1.50 bits per heavy atom. The van der Waals surface area contributed by atoms with Crippen LogP contribution in [0.2, 0.25) is 0 Å². The highest BCUT2D eigenvalue weighted by Crippen LogP contribution is 2.24. The van der Waals surface area contributed by atoms with Crippen LogP contribution in [0.4, 0.5) is 0 Å². The lowest BCUT2D eigenvalue weighted by Gasteiger charge is -2.04. The normalized spacial score (nSPS) is 10.9. The van der Waals surface area contributed by atoms with Crippen molar-refractivity contribution in [2.24, 2.45) is 0 Å². The van der Waals surface area contributed by atoms with Crippen LogP contribution >= 0.6 is 15.9 Å². The van der Waals surface area contributed by atoms with Crippen molar-refractivity contribution in [2.75, 3.05) is 0 Å². The number of rotatable bonds is 2. The lowest BCUT2D eigenvalue weighted by atomic mass is 10.1. The minimum absolute atomic E-state index is 0.329. The Morgan fingerprint density at radius 2 is 2.25 bits per heavy atom. The van der Waals surface area contributed by atoms with E-state index in [1.807, 2.05) is 22.6 Å². The fourth-order valence-corrected chi connectivity index (χ4v) is 2.38. The molecule has 0 saturated carbocycles. The molecule has 0 amide bonds. The molecule has 0 spiro atoms. The second-order valence-electron chi connectivity index (χ2n) is 3.98. The Morgan fingerprint density at radius 3 is 2.88 bits per heavy atom. The number of halogens is 1. The summed E-state index contributed by atoms with van der Waals surface area (Å²) in [5.41, 5.74) is 2.89. The van der Waals surface area contributed by atoms with E-state index >= 15 is 0 Å². The van der Waals surface area contributed by atoms with Gasteiger partial charge in [-0.15, -0.1) is 0 Å². The molecule has 0 aliphatic rings. The zero-order valence-electron chi connectivity index (χ0n) is 9.24. The minimum Gasteiger partial charge on any atom is -0.289 e. The van der Waals surface area contributed by atoms with Gasteiger partial charge in [0.1, 0.15) is 5.65 Å². The predicted octanol–water partition coefficient (Wildman–Crippen LogP) is 3.29. The average molecular weight is 278 g/mol. The molecule has 2 aromatic heterocycles. The third kappa shape index (κ3) is 1.72. The Hall–Kier alpha value is -1.34. The van der Waals surface area contributed by atoms with E-state index in [9.17, 15) is 0 Å². The van der Waals surface area contributed by atoms with E-state index in [1.165, 1.54) is 0 Å². The summed E-state index contributed by atoms with van der Waals surface area (Å²) in [6.45, 7) is 4.19. The summed E-state index contributed by atoms with van der Waals surface area (Å²) in [4.78, 5) is 4.57. The first-order chi connectivity index (χ1) is 7.65. The number of aromatic nitrogens is 2. The van der Waals surface area contributed by atoms with E-state index in [0.717, 1.165) is 21.6 Å². The number of imidazole rings is 1. The van der Waals surface area contributed by atoms with Gasteiger partial charge in [0.15, 0.2) is 0 Å². The highest BCUT2D eigenvalue weighted by molar-refractivity contribution is 9.10. The first kappa shape index (κ1) is 11.2. The van der Waals surface area contributed by atoms with E-state index in [-0.39, 0.29) is 0 Å². The quantitative estimate of drug-likeness (QED) is 0.791. The van der Waals surface area contributed by atoms with Gasteiger partial charge in [0.05, 0.1) is 28.5 Å². The van der Waals surface area contributed by atoms with Crippen molar-refractivity contribution in [3.05, 3.63) is 34.2 Å². The number of hydrogen-bond acceptors (Lipinski definition) is 2. The summed E-state index contributed by atoms with van der Waals surface area (Å²) in [5, 5.41) is 8.89. The molecule has 0 radical (unpaired) electrons. The Kier molecular flexibility index (Phi) is 2.97. The molecule has 0 aliphatic carbocycles. The van der Waals surface area contributed by atoms with Gasteiger partial charge in [0.2, 0.25) is 0 Å². The predicted molar refractivity (Wildman–Crippen MR) is 66.3 cm³/mol. The van der Waals surface area contributed by atoms with Gasteiger partial charge in [-0.1, -0.05) is 19.9 Å². The zero-order chi connectivity index (χ0) is 11.7. The van der Waals surface area contributed by atoms with Gasteiger partial charge in [-0.3, -0.25) is 4.40 Å². The van der Waals surface area contributed by atoms with Gasteiger partial charge >= 0.3 is 0 Å². The molecule has 16 heavy (non-hydrogen) atoms. The second-order valence-corrected chi connectivity index (χ2v) is 4.79. The number of fused-ring (bicyclic) bond motifs is 1. The highest BCUT2D eigenvalue weighted by atomic mass is 79.9. The van der Waals surface area contributed by atoms with Crippen molar-refractivity contribution in [1.82, 2.24) is 9.38 Å². The van der Waals surface area contributed by atoms with Crippen LogP contribution in [-0.2, 0) is 6.42 Å². The van der Waals surface area contributed by atoms with Crippen molar-refractivity contribution in [1.29, 1.82) is 5.26 Å². The summed E-state index contributed by atoms with van der Waals surface area (Å²) in [6.07, 6.45) is 0.386. The first-order valence-corrected chi connectivity index (χ1v) is 5.97. The van der Waals surface area contributed by atoms with Crippen LogP contribution in [0.5, 0.6) is 0 Å². The number of nitrogens with zero attached hydrogens (tertiary/aromatic N) is 3. The van der Waals surface area contributed by atoms with Crippen LogP contribution in [-0.4, -0.2) is 9.38 Å². The molecule has 0 N–H and O–H groups in total. The van der Waals surface area contributed by atoms with Gasteiger partial charge in [-0.05, 0) is 34.0 Å². The smallest absolute Gasteiger partial charge is 0.138 e. The van der Waals surface area contributed by atoms with E-state index in [4.69, 9.17) is 5.26 Å². The molecular formula is C12H12BrN3. The number of nitriles is 1. The molecule has 82 valence electrons. The summed E-state index contributed by atoms with van der Waals surface area (Å²) < 4.78 is 2.94.